The smallest absolute Gasteiger partial charge is 0.216 e. The zero-order valence-corrected chi connectivity index (χ0v) is 14.5. The van der Waals surface area contributed by atoms with Crippen molar-refractivity contribution >= 4 is 24.6 Å². The minimum Gasteiger partial charge on any atom is -0.482 e. The first-order chi connectivity index (χ1) is 12.9. The highest BCUT2D eigenvalue weighted by Gasteiger charge is 2.14. The van der Waals surface area contributed by atoms with Crippen molar-refractivity contribution < 1.29 is 18.9 Å². The summed E-state index contributed by atoms with van der Waals surface area (Å²) >= 11 is 0. The number of aliphatic imine (C=N–C) groups is 4. The van der Waals surface area contributed by atoms with Crippen LogP contribution >= 0.6 is 0 Å². The average Bonchev–Trinajstić information content (AvgIpc) is 3.50. The van der Waals surface area contributed by atoms with Gasteiger partial charge in [0.15, 0.2) is 12.8 Å². The molecule has 0 aliphatic carbocycles. The molecule has 0 atom stereocenters. The third-order valence-electron chi connectivity index (χ3n) is 3.50. The predicted molar refractivity (Wildman–Crippen MR) is 99.8 cm³/mol. The maximum Gasteiger partial charge on any atom is 0.216 e. The van der Waals surface area contributed by atoms with E-state index in [0.717, 1.165) is 62.3 Å². The third-order valence-corrected chi connectivity index (χ3v) is 3.50. The van der Waals surface area contributed by atoms with Crippen LogP contribution in [0.4, 0.5) is 0 Å². The van der Waals surface area contributed by atoms with E-state index < -0.39 is 0 Å². The lowest BCUT2D eigenvalue weighted by atomic mass is 10.1. The number of benzene rings is 1. The largest absolute Gasteiger partial charge is 0.482 e. The average molecular weight is 358 g/mol. The molecular weight excluding hydrogens is 336 g/mol. The highest BCUT2D eigenvalue weighted by atomic mass is 16.5. The summed E-state index contributed by atoms with van der Waals surface area (Å²) in [7, 11) is 0. The van der Waals surface area contributed by atoms with Crippen LogP contribution in [0.25, 0.3) is 0 Å². The van der Waals surface area contributed by atoms with Gasteiger partial charge in [-0.15, -0.1) is 0 Å². The summed E-state index contributed by atoms with van der Waals surface area (Å²) in [4.78, 5) is 16.0. The van der Waals surface area contributed by atoms with Gasteiger partial charge >= 0.3 is 0 Å². The van der Waals surface area contributed by atoms with Gasteiger partial charge in [0.1, 0.15) is 26.4 Å². The maximum atomic E-state index is 5.43. The Hall–Kier alpha value is -2.90. The molecule has 8 heteroatoms. The fourth-order valence-corrected chi connectivity index (χ4v) is 2.33. The number of nitrogens with zero attached hydrogens (tertiary/aromatic N) is 4. The molecule has 0 unspecified atom stereocenters. The van der Waals surface area contributed by atoms with Crippen LogP contribution in [0.15, 0.2) is 44.2 Å². The van der Waals surface area contributed by atoms with Gasteiger partial charge < -0.3 is 18.9 Å². The van der Waals surface area contributed by atoms with Gasteiger partial charge in [-0.3, -0.25) is 9.98 Å². The van der Waals surface area contributed by atoms with E-state index in [9.17, 15) is 0 Å². The van der Waals surface area contributed by atoms with Crippen molar-refractivity contribution in [3.05, 3.63) is 35.4 Å². The Morgan fingerprint density at radius 3 is 1.50 bits per heavy atom. The molecule has 0 saturated heterocycles. The van der Waals surface area contributed by atoms with Crippen molar-refractivity contribution in [3.63, 3.8) is 0 Å². The molecule has 8 nitrogen and oxygen atoms in total. The van der Waals surface area contributed by atoms with Crippen LogP contribution in [0.5, 0.6) is 0 Å². The predicted octanol–water partition coefficient (Wildman–Crippen LogP) is 1.33. The fourth-order valence-electron chi connectivity index (χ4n) is 2.33. The molecule has 0 bridgehead atoms. The molecule has 138 valence electrons. The van der Waals surface area contributed by atoms with Gasteiger partial charge in [-0.2, -0.15) is 0 Å². The SMILES string of the molecule is C1=NCCO1.C1=NCCO1.c1cc(C2=NCCO2)cc(C2=NCCO2)c1. The summed E-state index contributed by atoms with van der Waals surface area (Å²) in [5.74, 6) is 1.45. The van der Waals surface area contributed by atoms with Gasteiger partial charge in [0.25, 0.3) is 0 Å². The van der Waals surface area contributed by atoms with E-state index in [2.05, 4.69) is 29.4 Å². The van der Waals surface area contributed by atoms with Gasteiger partial charge in [-0.25, -0.2) is 9.98 Å². The van der Waals surface area contributed by atoms with Gasteiger partial charge in [0.2, 0.25) is 11.8 Å². The van der Waals surface area contributed by atoms with Crippen LogP contribution in [0.1, 0.15) is 11.1 Å². The number of rotatable bonds is 2. The summed E-state index contributed by atoms with van der Waals surface area (Å²) in [6, 6.07) is 7.96. The van der Waals surface area contributed by atoms with E-state index in [1.54, 1.807) is 0 Å². The lowest BCUT2D eigenvalue weighted by molar-refractivity contribution is 0.347. The molecule has 0 saturated carbocycles. The van der Waals surface area contributed by atoms with Crippen molar-refractivity contribution in [2.45, 2.75) is 0 Å². The molecule has 0 spiro atoms. The Labute approximate surface area is 152 Å². The van der Waals surface area contributed by atoms with Crippen molar-refractivity contribution in [1.82, 2.24) is 0 Å². The second-order valence-electron chi connectivity index (χ2n) is 5.42. The number of ether oxygens (including phenoxy) is 4. The molecule has 4 heterocycles. The van der Waals surface area contributed by atoms with Crippen LogP contribution < -0.4 is 0 Å². The van der Waals surface area contributed by atoms with Crippen molar-refractivity contribution in [2.75, 3.05) is 52.6 Å². The van der Waals surface area contributed by atoms with Crippen LogP contribution in [-0.4, -0.2) is 77.2 Å². The minimum absolute atomic E-state index is 0.678. The van der Waals surface area contributed by atoms with E-state index in [1.165, 1.54) is 12.8 Å². The molecule has 0 aromatic heterocycles. The first-order valence-electron chi connectivity index (χ1n) is 8.58. The molecular formula is C18H22N4O4. The van der Waals surface area contributed by atoms with E-state index in [1.807, 2.05) is 24.3 Å². The van der Waals surface area contributed by atoms with E-state index in [-0.39, 0.29) is 0 Å². The summed E-state index contributed by atoms with van der Waals surface area (Å²) in [6.45, 7) is 6.10. The highest BCUT2D eigenvalue weighted by molar-refractivity contribution is 6.00. The molecule has 5 rings (SSSR count). The summed E-state index contributed by atoms with van der Waals surface area (Å²) in [6.07, 6.45) is 2.97. The summed E-state index contributed by atoms with van der Waals surface area (Å²) in [5, 5.41) is 0. The monoisotopic (exact) mass is 358 g/mol. The fraction of sp³-hybridized carbons (Fsp3) is 0.444. The lowest BCUT2D eigenvalue weighted by Gasteiger charge is -2.05. The van der Waals surface area contributed by atoms with Gasteiger partial charge in [-0.1, -0.05) is 6.07 Å². The first-order valence-corrected chi connectivity index (χ1v) is 8.58. The molecule has 0 radical (unpaired) electrons. The molecule has 1 aromatic rings. The van der Waals surface area contributed by atoms with Crippen molar-refractivity contribution in [3.8, 4) is 0 Å². The zero-order valence-electron chi connectivity index (χ0n) is 14.5. The van der Waals surface area contributed by atoms with E-state index in [4.69, 9.17) is 9.47 Å². The Balaban J connectivity index is 0.000000159. The standard InChI is InChI=1S/C12H12N2O2.2C3H5NO/c1-2-9(11-13-4-6-15-11)8-10(3-1)12-14-5-7-16-12;2*1-2-5-3-4-1/h1-3,8H,4-7H2;2*3H,1-2H2. The molecule has 4 aliphatic rings. The zero-order chi connectivity index (χ0) is 17.9. The Bertz CT molecular complexity index is 633. The maximum absolute atomic E-state index is 5.43. The molecule has 0 fully saturated rings. The molecule has 1 aromatic carbocycles. The van der Waals surface area contributed by atoms with Gasteiger partial charge in [-0.05, 0) is 18.2 Å². The van der Waals surface area contributed by atoms with Crippen LogP contribution in [-0.2, 0) is 18.9 Å². The van der Waals surface area contributed by atoms with Crippen LogP contribution in [0, 0.1) is 0 Å². The third kappa shape index (κ3) is 5.58. The molecule has 0 amide bonds. The second kappa shape index (κ2) is 10.2. The summed E-state index contributed by atoms with van der Waals surface area (Å²) in [5.41, 5.74) is 1.99. The lowest BCUT2D eigenvalue weighted by Crippen LogP contribution is -2.05. The number of hydrogen-bond acceptors (Lipinski definition) is 8. The minimum atomic E-state index is 0.678. The highest BCUT2D eigenvalue weighted by Crippen LogP contribution is 2.13. The van der Waals surface area contributed by atoms with Crippen LogP contribution in [0.2, 0.25) is 0 Å². The van der Waals surface area contributed by atoms with Gasteiger partial charge in [0.05, 0.1) is 26.2 Å². The normalized spacial score (nSPS) is 18.9. The Kier molecular flexibility index (Phi) is 7.01. The molecule has 26 heavy (non-hydrogen) atoms. The van der Waals surface area contributed by atoms with Crippen molar-refractivity contribution in [1.29, 1.82) is 0 Å². The summed E-state index contributed by atoms with van der Waals surface area (Å²) < 4.78 is 20.2. The van der Waals surface area contributed by atoms with Gasteiger partial charge in [0, 0.05) is 11.1 Å². The van der Waals surface area contributed by atoms with Crippen molar-refractivity contribution in [2.24, 2.45) is 20.0 Å². The van der Waals surface area contributed by atoms with Crippen LogP contribution in [0.3, 0.4) is 0 Å². The quantitative estimate of drug-likeness (QED) is 0.798. The number of hydrogen-bond donors (Lipinski definition) is 0. The second-order valence-corrected chi connectivity index (χ2v) is 5.42. The Morgan fingerprint density at radius 1 is 0.654 bits per heavy atom. The topological polar surface area (TPSA) is 86.4 Å². The molecule has 0 N–H and O–H groups in total. The van der Waals surface area contributed by atoms with E-state index >= 15 is 0 Å². The molecule has 4 aliphatic heterocycles. The Morgan fingerprint density at radius 2 is 1.19 bits per heavy atom. The first kappa shape index (κ1) is 17.9. The van der Waals surface area contributed by atoms with E-state index in [0.29, 0.717) is 13.2 Å².